The van der Waals surface area contributed by atoms with Crippen LogP contribution < -0.4 is 9.47 Å². The number of benzene rings is 3. The lowest BCUT2D eigenvalue weighted by Crippen LogP contribution is -2.05. The molecule has 0 saturated carbocycles. The van der Waals surface area contributed by atoms with Crippen molar-refractivity contribution >= 4 is 32.5 Å². The van der Waals surface area contributed by atoms with Gasteiger partial charge in [0, 0.05) is 15.4 Å². The summed E-state index contributed by atoms with van der Waals surface area (Å²) in [5.41, 5.74) is 1.16. The van der Waals surface area contributed by atoms with Crippen LogP contribution in [0.25, 0.3) is 10.8 Å². The van der Waals surface area contributed by atoms with Crippen molar-refractivity contribution in [3.63, 3.8) is 0 Å². The second-order valence-electron chi connectivity index (χ2n) is 5.07. The third-order valence-electron chi connectivity index (χ3n) is 3.74. The van der Waals surface area contributed by atoms with Gasteiger partial charge in [-0.1, -0.05) is 28.1 Å². The monoisotopic (exact) mass is 370 g/mol. The van der Waals surface area contributed by atoms with Crippen molar-refractivity contribution < 1.29 is 14.3 Å². The van der Waals surface area contributed by atoms with Crippen LogP contribution in [0, 0.1) is 0 Å². The highest BCUT2D eigenvalue weighted by atomic mass is 79.9. The molecule has 0 unspecified atom stereocenters. The molecule has 0 saturated heterocycles. The van der Waals surface area contributed by atoms with Crippen molar-refractivity contribution in [2.45, 2.75) is 0 Å². The summed E-state index contributed by atoms with van der Waals surface area (Å²) >= 11 is 3.39. The van der Waals surface area contributed by atoms with E-state index in [-0.39, 0.29) is 5.78 Å². The highest BCUT2D eigenvalue weighted by Gasteiger charge is 2.18. The Labute approximate surface area is 143 Å². The number of hydrogen-bond acceptors (Lipinski definition) is 3. The summed E-state index contributed by atoms with van der Waals surface area (Å²) in [5.74, 6) is 1.18. The van der Waals surface area contributed by atoms with E-state index in [0.717, 1.165) is 15.2 Å². The van der Waals surface area contributed by atoms with Gasteiger partial charge in [-0.15, -0.1) is 0 Å². The first-order valence-electron chi connectivity index (χ1n) is 7.09. The summed E-state index contributed by atoms with van der Waals surface area (Å²) in [6, 6.07) is 16.7. The van der Waals surface area contributed by atoms with Gasteiger partial charge in [-0.05, 0) is 47.9 Å². The molecule has 0 fully saturated rings. The van der Waals surface area contributed by atoms with E-state index in [1.54, 1.807) is 26.4 Å². The molecule has 23 heavy (non-hydrogen) atoms. The standard InChI is InChI=1S/C19H15BrO3/c1-22-15-9-5-12-6-10-17(23-2)18(16(12)11-15)19(21)13-3-7-14(20)8-4-13/h3-11H,1-2H3. The van der Waals surface area contributed by atoms with Gasteiger partial charge in [-0.2, -0.15) is 0 Å². The maximum absolute atomic E-state index is 13.0. The Hall–Kier alpha value is -2.33. The van der Waals surface area contributed by atoms with Crippen molar-refractivity contribution in [1.29, 1.82) is 0 Å². The molecule has 3 nitrogen and oxygen atoms in total. The number of ketones is 1. The summed E-state index contributed by atoms with van der Waals surface area (Å²) in [5, 5.41) is 1.78. The fraction of sp³-hybridized carbons (Fsp3) is 0.105. The molecule has 0 bridgehead atoms. The lowest BCUT2D eigenvalue weighted by molar-refractivity contribution is 0.103. The maximum Gasteiger partial charge on any atom is 0.197 e. The molecule has 3 rings (SSSR count). The second-order valence-corrected chi connectivity index (χ2v) is 5.98. The molecule has 0 amide bonds. The van der Waals surface area contributed by atoms with E-state index in [9.17, 15) is 4.79 Å². The Balaban J connectivity index is 2.24. The highest BCUT2D eigenvalue weighted by Crippen LogP contribution is 2.32. The van der Waals surface area contributed by atoms with Crippen molar-refractivity contribution in [2.75, 3.05) is 14.2 Å². The third-order valence-corrected chi connectivity index (χ3v) is 4.27. The topological polar surface area (TPSA) is 35.5 Å². The van der Waals surface area contributed by atoms with Crippen molar-refractivity contribution in [3.05, 3.63) is 70.2 Å². The molecule has 0 atom stereocenters. The number of hydrogen-bond donors (Lipinski definition) is 0. The van der Waals surface area contributed by atoms with E-state index in [4.69, 9.17) is 9.47 Å². The molecule has 0 aromatic heterocycles. The van der Waals surface area contributed by atoms with Crippen LogP contribution >= 0.6 is 15.9 Å². The normalized spacial score (nSPS) is 10.6. The largest absolute Gasteiger partial charge is 0.497 e. The Bertz CT molecular complexity index is 864. The van der Waals surface area contributed by atoms with Gasteiger partial charge in [0.1, 0.15) is 11.5 Å². The van der Waals surface area contributed by atoms with Gasteiger partial charge >= 0.3 is 0 Å². The minimum Gasteiger partial charge on any atom is -0.497 e. The zero-order valence-electron chi connectivity index (χ0n) is 12.8. The number of methoxy groups -OCH3 is 2. The van der Waals surface area contributed by atoms with Gasteiger partial charge in [-0.3, -0.25) is 4.79 Å². The first kappa shape index (κ1) is 15.6. The molecule has 4 heteroatoms. The van der Waals surface area contributed by atoms with Gasteiger partial charge in [-0.25, -0.2) is 0 Å². The molecule has 0 aliphatic carbocycles. The van der Waals surface area contributed by atoms with Gasteiger partial charge in [0.05, 0.1) is 19.8 Å². The van der Waals surface area contributed by atoms with Crippen LogP contribution in [0.2, 0.25) is 0 Å². The minimum absolute atomic E-state index is 0.0757. The van der Waals surface area contributed by atoms with Crippen LogP contribution in [0.5, 0.6) is 11.5 Å². The number of halogens is 1. The average molecular weight is 371 g/mol. The molecule has 0 heterocycles. The van der Waals surface area contributed by atoms with Crippen LogP contribution in [0.4, 0.5) is 0 Å². The summed E-state index contributed by atoms with van der Waals surface area (Å²) in [4.78, 5) is 13.0. The van der Waals surface area contributed by atoms with E-state index >= 15 is 0 Å². The van der Waals surface area contributed by atoms with E-state index in [0.29, 0.717) is 22.6 Å². The zero-order chi connectivity index (χ0) is 16.4. The fourth-order valence-corrected chi connectivity index (χ4v) is 2.82. The average Bonchev–Trinajstić information content (AvgIpc) is 2.60. The summed E-state index contributed by atoms with van der Waals surface area (Å²) in [6.07, 6.45) is 0. The van der Waals surface area contributed by atoms with Crippen LogP contribution in [-0.4, -0.2) is 20.0 Å². The zero-order valence-corrected chi connectivity index (χ0v) is 14.4. The first-order valence-corrected chi connectivity index (χ1v) is 7.88. The number of carbonyl (C=O) groups excluding carboxylic acids is 1. The quantitative estimate of drug-likeness (QED) is 0.615. The third kappa shape index (κ3) is 2.94. The van der Waals surface area contributed by atoms with E-state index in [1.165, 1.54) is 0 Å². The predicted molar refractivity (Wildman–Crippen MR) is 94.6 cm³/mol. The predicted octanol–water partition coefficient (Wildman–Crippen LogP) is 4.85. The number of ether oxygens (including phenoxy) is 2. The Morgan fingerprint density at radius 3 is 2.26 bits per heavy atom. The highest BCUT2D eigenvalue weighted by molar-refractivity contribution is 9.10. The maximum atomic E-state index is 13.0. The van der Waals surface area contributed by atoms with E-state index in [1.807, 2.05) is 42.5 Å². The number of fused-ring (bicyclic) bond motifs is 1. The van der Waals surface area contributed by atoms with Crippen molar-refractivity contribution in [1.82, 2.24) is 0 Å². The molecular formula is C19H15BrO3. The van der Waals surface area contributed by atoms with Gasteiger partial charge in [0.2, 0.25) is 0 Å². The molecule has 3 aromatic rings. The van der Waals surface area contributed by atoms with E-state index in [2.05, 4.69) is 15.9 Å². The summed E-state index contributed by atoms with van der Waals surface area (Å²) < 4.78 is 11.6. The molecule has 0 spiro atoms. The van der Waals surface area contributed by atoms with Crippen molar-refractivity contribution in [3.8, 4) is 11.5 Å². The van der Waals surface area contributed by atoms with Crippen LogP contribution in [-0.2, 0) is 0 Å². The summed E-state index contributed by atoms with van der Waals surface area (Å²) in [6.45, 7) is 0. The Morgan fingerprint density at radius 1 is 0.913 bits per heavy atom. The minimum atomic E-state index is -0.0757. The van der Waals surface area contributed by atoms with Crippen LogP contribution in [0.15, 0.2) is 59.1 Å². The smallest absolute Gasteiger partial charge is 0.197 e. The molecule has 0 radical (unpaired) electrons. The van der Waals surface area contributed by atoms with Crippen molar-refractivity contribution in [2.24, 2.45) is 0 Å². The second kappa shape index (κ2) is 6.42. The lowest BCUT2D eigenvalue weighted by Gasteiger charge is -2.12. The Kier molecular flexibility index (Phi) is 4.35. The van der Waals surface area contributed by atoms with Crippen LogP contribution in [0.1, 0.15) is 15.9 Å². The molecule has 0 aliphatic heterocycles. The molecule has 3 aromatic carbocycles. The van der Waals surface area contributed by atoms with Crippen LogP contribution in [0.3, 0.4) is 0 Å². The molecule has 0 aliphatic rings. The summed E-state index contributed by atoms with van der Waals surface area (Å²) in [7, 11) is 3.18. The fourth-order valence-electron chi connectivity index (χ4n) is 2.56. The SMILES string of the molecule is COc1ccc2ccc(OC)c(C(=O)c3ccc(Br)cc3)c2c1. The van der Waals surface area contributed by atoms with Gasteiger partial charge in [0.15, 0.2) is 5.78 Å². The first-order chi connectivity index (χ1) is 11.1. The molecular weight excluding hydrogens is 356 g/mol. The number of carbonyl (C=O) groups is 1. The Morgan fingerprint density at radius 2 is 1.61 bits per heavy atom. The molecule has 0 N–H and O–H groups in total. The van der Waals surface area contributed by atoms with Gasteiger partial charge in [0.25, 0.3) is 0 Å². The van der Waals surface area contributed by atoms with E-state index < -0.39 is 0 Å². The van der Waals surface area contributed by atoms with Gasteiger partial charge < -0.3 is 9.47 Å². The molecule has 116 valence electrons. The lowest BCUT2D eigenvalue weighted by atomic mass is 9.96. The number of rotatable bonds is 4.